The van der Waals surface area contributed by atoms with Gasteiger partial charge in [-0.3, -0.25) is 4.79 Å². The van der Waals surface area contributed by atoms with Crippen molar-refractivity contribution in [2.24, 2.45) is 5.41 Å². The van der Waals surface area contributed by atoms with E-state index in [2.05, 4.69) is 9.88 Å². The minimum absolute atomic E-state index is 0.0949. The Bertz CT molecular complexity index is 529. The van der Waals surface area contributed by atoms with E-state index in [9.17, 15) is 9.59 Å². The standard InChI is InChI=1S/C16H22N2O3/c1-16(2,3)13(19)11-21-15(20)12-7-6-8-17-14(12)18-9-4-5-10-18/h6-8H,4-5,9-11H2,1-3H3. The molecule has 2 heterocycles. The van der Waals surface area contributed by atoms with Crippen LogP contribution in [0.1, 0.15) is 44.0 Å². The van der Waals surface area contributed by atoms with Crippen LogP contribution in [0.5, 0.6) is 0 Å². The summed E-state index contributed by atoms with van der Waals surface area (Å²) in [5.74, 6) is 0.0771. The first kappa shape index (κ1) is 15.5. The molecule has 0 radical (unpaired) electrons. The molecule has 5 nitrogen and oxygen atoms in total. The Kier molecular flexibility index (Phi) is 4.60. The van der Waals surface area contributed by atoms with E-state index in [1.54, 1.807) is 18.3 Å². The molecule has 21 heavy (non-hydrogen) atoms. The molecule has 114 valence electrons. The largest absolute Gasteiger partial charge is 0.454 e. The van der Waals surface area contributed by atoms with Crippen molar-refractivity contribution in [3.8, 4) is 0 Å². The van der Waals surface area contributed by atoms with Crippen molar-refractivity contribution in [1.82, 2.24) is 4.98 Å². The highest BCUT2D eigenvalue weighted by Crippen LogP contribution is 2.23. The summed E-state index contributed by atoms with van der Waals surface area (Å²) in [4.78, 5) is 30.4. The molecule has 1 fully saturated rings. The van der Waals surface area contributed by atoms with Crippen LogP contribution in [0.3, 0.4) is 0 Å². The van der Waals surface area contributed by atoms with Gasteiger partial charge in [-0.2, -0.15) is 0 Å². The van der Waals surface area contributed by atoms with Gasteiger partial charge < -0.3 is 9.64 Å². The Labute approximate surface area is 125 Å². The molecule has 2 rings (SSSR count). The maximum absolute atomic E-state index is 12.2. The molecule has 0 aromatic carbocycles. The smallest absolute Gasteiger partial charge is 0.342 e. The first-order chi connectivity index (χ1) is 9.89. The van der Waals surface area contributed by atoms with E-state index in [1.807, 2.05) is 20.8 Å². The number of carbonyl (C=O) groups excluding carboxylic acids is 2. The Morgan fingerprint density at radius 1 is 1.29 bits per heavy atom. The highest BCUT2D eigenvalue weighted by atomic mass is 16.5. The van der Waals surface area contributed by atoms with E-state index in [-0.39, 0.29) is 12.4 Å². The molecule has 1 aliphatic heterocycles. The van der Waals surface area contributed by atoms with Crippen LogP contribution in [-0.4, -0.2) is 36.4 Å². The topological polar surface area (TPSA) is 59.5 Å². The number of nitrogens with zero attached hydrogens (tertiary/aromatic N) is 2. The molecule has 0 unspecified atom stereocenters. The molecular formula is C16H22N2O3. The monoisotopic (exact) mass is 290 g/mol. The molecule has 1 aromatic rings. The molecule has 0 spiro atoms. The molecule has 0 N–H and O–H groups in total. The summed E-state index contributed by atoms with van der Waals surface area (Å²) < 4.78 is 5.16. The lowest BCUT2D eigenvalue weighted by molar-refractivity contribution is -0.129. The molecule has 1 aliphatic rings. The summed E-state index contributed by atoms with van der Waals surface area (Å²) in [5.41, 5.74) is -0.0754. The minimum atomic E-state index is -0.507. The summed E-state index contributed by atoms with van der Waals surface area (Å²) in [6.45, 7) is 7.03. The molecule has 0 atom stereocenters. The van der Waals surface area contributed by atoms with Crippen molar-refractivity contribution in [3.05, 3.63) is 23.9 Å². The number of rotatable bonds is 4. The Morgan fingerprint density at radius 2 is 1.95 bits per heavy atom. The van der Waals surface area contributed by atoms with E-state index in [0.29, 0.717) is 11.4 Å². The predicted octanol–water partition coefficient (Wildman–Crippen LogP) is 2.45. The van der Waals surface area contributed by atoms with Crippen LogP contribution >= 0.6 is 0 Å². The van der Waals surface area contributed by atoms with Gasteiger partial charge in [-0.05, 0) is 25.0 Å². The van der Waals surface area contributed by atoms with E-state index in [0.717, 1.165) is 25.9 Å². The number of aromatic nitrogens is 1. The lowest BCUT2D eigenvalue weighted by Crippen LogP contribution is -2.27. The Hall–Kier alpha value is -1.91. The Balaban J connectivity index is 2.07. The van der Waals surface area contributed by atoms with Crippen molar-refractivity contribution in [1.29, 1.82) is 0 Å². The van der Waals surface area contributed by atoms with E-state index < -0.39 is 11.4 Å². The third kappa shape index (κ3) is 3.80. The summed E-state index contributed by atoms with van der Waals surface area (Å²) in [6, 6.07) is 3.41. The fourth-order valence-corrected chi connectivity index (χ4v) is 2.16. The molecule has 0 bridgehead atoms. The van der Waals surface area contributed by atoms with E-state index >= 15 is 0 Å². The average molecular weight is 290 g/mol. The highest BCUT2D eigenvalue weighted by molar-refractivity contribution is 5.96. The second-order valence-corrected chi connectivity index (χ2v) is 6.32. The molecule has 0 amide bonds. The summed E-state index contributed by atoms with van der Waals surface area (Å²) in [5, 5.41) is 0. The number of anilines is 1. The summed E-state index contributed by atoms with van der Waals surface area (Å²) in [7, 11) is 0. The molecule has 0 aliphatic carbocycles. The first-order valence-electron chi connectivity index (χ1n) is 7.30. The van der Waals surface area contributed by atoms with Crippen LogP contribution in [0.15, 0.2) is 18.3 Å². The quantitative estimate of drug-likeness (QED) is 0.797. The molecular weight excluding hydrogens is 268 g/mol. The van der Waals surface area contributed by atoms with Gasteiger partial charge in [0.15, 0.2) is 12.4 Å². The molecule has 1 saturated heterocycles. The van der Waals surface area contributed by atoms with Crippen molar-refractivity contribution in [2.75, 3.05) is 24.6 Å². The van der Waals surface area contributed by atoms with Crippen molar-refractivity contribution >= 4 is 17.6 Å². The van der Waals surface area contributed by atoms with Crippen LogP contribution in [-0.2, 0) is 9.53 Å². The van der Waals surface area contributed by atoms with Crippen LogP contribution in [0.25, 0.3) is 0 Å². The van der Waals surface area contributed by atoms with Crippen LogP contribution < -0.4 is 4.90 Å². The average Bonchev–Trinajstić information content (AvgIpc) is 2.97. The third-order valence-corrected chi connectivity index (χ3v) is 3.58. The maximum Gasteiger partial charge on any atom is 0.342 e. The molecule has 5 heteroatoms. The van der Waals surface area contributed by atoms with Gasteiger partial charge in [0.25, 0.3) is 0 Å². The van der Waals surface area contributed by atoms with Crippen molar-refractivity contribution in [3.63, 3.8) is 0 Å². The van der Waals surface area contributed by atoms with Gasteiger partial charge in [-0.25, -0.2) is 9.78 Å². The zero-order valence-electron chi connectivity index (χ0n) is 12.9. The van der Waals surface area contributed by atoms with Gasteiger partial charge >= 0.3 is 5.97 Å². The van der Waals surface area contributed by atoms with Gasteiger partial charge in [-0.15, -0.1) is 0 Å². The second kappa shape index (κ2) is 6.24. The van der Waals surface area contributed by atoms with E-state index in [4.69, 9.17) is 4.74 Å². The number of hydrogen-bond donors (Lipinski definition) is 0. The Morgan fingerprint density at radius 3 is 2.57 bits per heavy atom. The number of Topliss-reactive ketones (excluding diaryl/α,β-unsaturated/α-hetero) is 1. The highest BCUT2D eigenvalue weighted by Gasteiger charge is 2.25. The van der Waals surface area contributed by atoms with Crippen LogP contribution in [0.4, 0.5) is 5.82 Å². The molecule has 1 aromatic heterocycles. The van der Waals surface area contributed by atoms with Crippen LogP contribution in [0, 0.1) is 5.41 Å². The molecule has 0 saturated carbocycles. The summed E-state index contributed by atoms with van der Waals surface area (Å²) in [6.07, 6.45) is 3.88. The van der Waals surface area contributed by atoms with Crippen molar-refractivity contribution < 1.29 is 14.3 Å². The minimum Gasteiger partial charge on any atom is -0.454 e. The number of ether oxygens (including phenoxy) is 1. The zero-order chi connectivity index (χ0) is 15.5. The van der Waals surface area contributed by atoms with Crippen LogP contribution in [0.2, 0.25) is 0 Å². The zero-order valence-corrected chi connectivity index (χ0v) is 12.9. The number of hydrogen-bond acceptors (Lipinski definition) is 5. The summed E-state index contributed by atoms with van der Waals surface area (Å²) >= 11 is 0. The SMILES string of the molecule is CC(C)(C)C(=O)COC(=O)c1cccnc1N1CCCC1. The lowest BCUT2D eigenvalue weighted by atomic mass is 9.91. The third-order valence-electron chi connectivity index (χ3n) is 3.58. The predicted molar refractivity (Wildman–Crippen MR) is 80.4 cm³/mol. The van der Waals surface area contributed by atoms with E-state index in [1.165, 1.54) is 0 Å². The maximum atomic E-state index is 12.2. The van der Waals surface area contributed by atoms with Gasteiger partial charge in [0.1, 0.15) is 11.4 Å². The first-order valence-corrected chi connectivity index (χ1v) is 7.30. The fourth-order valence-electron chi connectivity index (χ4n) is 2.16. The second-order valence-electron chi connectivity index (χ2n) is 6.32. The number of carbonyl (C=O) groups is 2. The van der Waals surface area contributed by atoms with Crippen molar-refractivity contribution in [2.45, 2.75) is 33.6 Å². The lowest BCUT2D eigenvalue weighted by Gasteiger charge is -2.20. The van der Waals surface area contributed by atoms with Gasteiger partial charge in [0, 0.05) is 24.7 Å². The van der Waals surface area contributed by atoms with Gasteiger partial charge in [-0.1, -0.05) is 20.8 Å². The number of pyridine rings is 1. The number of ketones is 1. The fraction of sp³-hybridized carbons (Fsp3) is 0.562. The van der Waals surface area contributed by atoms with Gasteiger partial charge in [0.2, 0.25) is 0 Å². The normalized spacial score (nSPS) is 15.1. The number of esters is 1. The van der Waals surface area contributed by atoms with Gasteiger partial charge in [0.05, 0.1) is 0 Å².